The summed E-state index contributed by atoms with van der Waals surface area (Å²) in [7, 11) is 2.18. The van der Waals surface area contributed by atoms with Crippen LogP contribution in [0.5, 0.6) is 0 Å². The lowest BCUT2D eigenvalue weighted by Crippen LogP contribution is -2.49. The molecule has 2 fully saturated rings. The van der Waals surface area contributed by atoms with Gasteiger partial charge in [-0.05, 0) is 37.9 Å². The number of piperazine rings is 1. The summed E-state index contributed by atoms with van der Waals surface area (Å²) in [5.41, 5.74) is 2.54. The molecule has 1 saturated heterocycles. The molecule has 1 aliphatic heterocycles. The number of carbonyl (C=O) groups is 1. The van der Waals surface area contributed by atoms with E-state index in [2.05, 4.69) is 35.2 Å². The van der Waals surface area contributed by atoms with Gasteiger partial charge in [0.1, 0.15) is 0 Å². The van der Waals surface area contributed by atoms with Crippen molar-refractivity contribution in [3.8, 4) is 0 Å². The SMILES string of the molecule is Cc1ccccc1CN(CCO)C(=O)NCC1(CN2CCN(C)CC2)CC1. The van der Waals surface area contributed by atoms with Crippen LogP contribution in [0.2, 0.25) is 0 Å². The number of likely N-dealkylation sites (N-methyl/N-ethyl adjacent to an activating group) is 1. The van der Waals surface area contributed by atoms with E-state index in [9.17, 15) is 9.90 Å². The number of aryl methyl sites for hydroxylation is 1. The van der Waals surface area contributed by atoms with Gasteiger partial charge in [-0.1, -0.05) is 24.3 Å². The molecule has 1 saturated carbocycles. The fraction of sp³-hybridized carbons (Fsp3) is 0.667. The number of urea groups is 1. The Balaban J connectivity index is 1.51. The number of rotatable bonds is 8. The second kappa shape index (κ2) is 9.04. The van der Waals surface area contributed by atoms with E-state index in [1.807, 2.05) is 18.2 Å². The van der Waals surface area contributed by atoms with Crippen LogP contribution in [0, 0.1) is 12.3 Å². The maximum absolute atomic E-state index is 12.7. The third-order valence-electron chi connectivity index (χ3n) is 6.01. The smallest absolute Gasteiger partial charge is 0.317 e. The first kappa shape index (κ1) is 20.1. The molecule has 0 atom stereocenters. The summed E-state index contributed by atoms with van der Waals surface area (Å²) in [5.74, 6) is 0. The Bertz CT molecular complexity index is 624. The average Bonchev–Trinajstić information content (AvgIpc) is 3.43. The van der Waals surface area contributed by atoms with E-state index >= 15 is 0 Å². The highest BCUT2D eigenvalue weighted by atomic mass is 16.3. The van der Waals surface area contributed by atoms with E-state index in [-0.39, 0.29) is 18.1 Å². The maximum Gasteiger partial charge on any atom is 0.317 e. The Kier molecular flexibility index (Phi) is 6.73. The summed E-state index contributed by atoms with van der Waals surface area (Å²) in [4.78, 5) is 19.4. The minimum atomic E-state index is -0.0723. The lowest BCUT2D eigenvalue weighted by molar-refractivity contribution is 0.128. The third-order valence-corrected chi connectivity index (χ3v) is 6.01. The Labute approximate surface area is 163 Å². The minimum absolute atomic E-state index is 0.0221. The lowest BCUT2D eigenvalue weighted by atomic mass is 10.1. The van der Waals surface area contributed by atoms with E-state index in [0.717, 1.165) is 44.8 Å². The van der Waals surface area contributed by atoms with Crippen LogP contribution in [0.1, 0.15) is 24.0 Å². The molecule has 3 rings (SSSR count). The van der Waals surface area contributed by atoms with Gasteiger partial charge < -0.3 is 25.1 Å². The zero-order valence-electron chi connectivity index (χ0n) is 16.8. The van der Waals surface area contributed by atoms with Crippen molar-refractivity contribution in [3.63, 3.8) is 0 Å². The van der Waals surface area contributed by atoms with Gasteiger partial charge in [0.15, 0.2) is 0 Å². The molecule has 2 amide bonds. The van der Waals surface area contributed by atoms with E-state index < -0.39 is 0 Å². The number of aliphatic hydroxyl groups excluding tert-OH is 1. The number of nitrogens with one attached hydrogen (secondary N) is 1. The zero-order chi connectivity index (χ0) is 19.3. The predicted octanol–water partition coefficient (Wildman–Crippen LogP) is 1.53. The van der Waals surface area contributed by atoms with E-state index in [1.165, 1.54) is 18.4 Å². The Morgan fingerprint density at radius 3 is 2.56 bits per heavy atom. The highest BCUT2D eigenvalue weighted by Gasteiger charge is 2.44. The van der Waals surface area contributed by atoms with Crippen molar-refractivity contribution in [3.05, 3.63) is 35.4 Å². The number of hydrogen-bond acceptors (Lipinski definition) is 4. The summed E-state index contributed by atoms with van der Waals surface area (Å²) in [6.07, 6.45) is 2.38. The van der Waals surface area contributed by atoms with Crippen LogP contribution in [0.4, 0.5) is 4.79 Å². The highest BCUT2D eigenvalue weighted by Crippen LogP contribution is 2.45. The molecule has 2 aliphatic rings. The second-order valence-corrected chi connectivity index (χ2v) is 8.31. The van der Waals surface area contributed by atoms with Gasteiger partial charge in [-0.15, -0.1) is 0 Å². The summed E-state index contributed by atoms with van der Waals surface area (Å²) >= 11 is 0. The Hall–Kier alpha value is -1.63. The molecular weight excluding hydrogens is 340 g/mol. The molecule has 150 valence electrons. The van der Waals surface area contributed by atoms with Crippen LogP contribution >= 0.6 is 0 Å². The zero-order valence-corrected chi connectivity index (χ0v) is 16.8. The van der Waals surface area contributed by atoms with Gasteiger partial charge in [-0.2, -0.15) is 0 Å². The van der Waals surface area contributed by atoms with Crippen LogP contribution in [0.15, 0.2) is 24.3 Å². The van der Waals surface area contributed by atoms with Gasteiger partial charge in [0, 0.05) is 57.8 Å². The third kappa shape index (κ3) is 5.67. The molecule has 0 spiro atoms. The van der Waals surface area contributed by atoms with Crippen LogP contribution in [-0.2, 0) is 6.54 Å². The number of amides is 2. The Morgan fingerprint density at radius 2 is 1.93 bits per heavy atom. The van der Waals surface area contributed by atoms with E-state index in [4.69, 9.17) is 0 Å². The molecule has 6 nitrogen and oxygen atoms in total. The fourth-order valence-corrected chi connectivity index (χ4v) is 3.79. The van der Waals surface area contributed by atoms with Crippen molar-refractivity contribution in [2.24, 2.45) is 5.41 Å². The van der Waals surface area contributed by atoms with Crippen LogP contribution < -0.4 is 5.32 Å². The van der Waals surface area contributed by atoms with Crippen molar-refractivity contribution >= 4 is 6.03 Å². The van der Waals surface area contributed by atoms with Crippen molar-refractivity contribution < 1.29 is 9.90 Å². The summed E-state index contributed by atoms with van der Waals surface area (Å²) in [6.45, 7) is 9.23. The van der Waals surface area contributed by atoms with E-state index in [0.29, 0.717) is 13.1 Å². The van der Waals surface area contributed by atoms with Gasteiger partial charge in [-0.3, -0.25) is 0 Å². The molecule has 0 unspecified atom stereocenters. The van der Waals surface area contributed by atoms with Gasteiger partial charge in [0.05, 0.1) is 6.61 Å². The normalized spacial score (nSPS) is 19.7. The molecule has 2 N–H and O–H groups in total. The predicted molar refractivity (Wildman–Crippen MR) is 108 cm³/mol. The monoisotopic (exact) mass is 374 g/mol. The number of benzene rings is 1. The van der Waals surface area contributed by atoms with Gasteiger partial charge in [0.25, 0.3) is 0 Å². The first-order chi connectivity index (χ1) is 13.0. The quantitative estimate of drug-likeness (QED) is 0.725. The minimum Gasteiger partial charge on any atom is -0.395 e. The van der Waals surface area contributed by atoms with Crippen molar-refractivity contribution in [1.82, 2.24) is 20.0 Å². The number of aliphatic hydroxyl groups is 1. The largest absolute Gasteiger partial charge is 0.395 e. The van der Waals surface area contributed by atoms with Crippen molar-refractivity contribution in [2.75, 3.05) is 59.5 Å². The van der Waals surface area contributed by atoms with Crippen molar-refractivity contribution in [2.45, 2.75) is 26.3 Å². The highest BCUT2D eigenvalue weighted by molar-refractivity contribution is 5.74. The van der Waals surface area contributed by atoms with Gasteiger partial charge in [0.2, 0.25) is 0 Å². The Morgan fingerprint density at radius 1 is 1.22 bits per heavy atom. The molecule has 0 aromatic heterocycles. The summed E-state index contributed by atoms with van der Waals surface area (Å²) in [6, 6.07) is 8.02. The van der Waals surface area contributed by atoms with Gasteiger partial charge in [-0.25, -0.2) is 4.79 Å². The fourth-order valence-electron chi connectivity index (χ4n) is 3.79. The van der Waals surface area contributed by atoms with Crippen LogP contribution in [0.3, 0.4) is 0 Å². The summed E-state index contributed by atoms with van der Waals surface area (Å²) < 4.78 is 0. The standard InChI is InChI=1S/C21H34N4O2/c1-18-5-3-4-6-19(18)15-25(13-14-26)20(27)22-16-21(7-8-21)17-24-11-9-23(2)10-12-24/h3-6,26H,7-17H2,1-2H3,(H,22,27). The van der Waals surface area contributed by atoms with Crippen LogP contribution in [0.25, 0.3) is 0 Å². The maximum atomic E-state index is 12.7. The topological polar surface area (TPSA) is 59.1 Å². The second-order valence-electron chi connectivity index (χ2n) is 8.31. The molecule has 0 bridgehead atoms. The van der Waals surface area contributed by atoms with E-state index in [1.54, 1.807) is 4.90 Å². The average molecular weight is 375 g/mol. The molecule has 1 aliphatic carbocycles. The lowest BCUT2D eigenvalue weighted by Gasteiger charge is -2.35. The molecule has 0 radical (unpaired) electrons. The summed E-state index contributed by atoms with van der Waals surface area (Å²) in [5, 5.41) is 12.5. The molecular formula is C21H34N4O2. The van der Waals surface area contributed by atoms with Gasteiger partial charge >= 0.3 is 6.03 Å². The molecule has 27 heavy (non-hydrogen) atoms. The molecule has 1 heterocycles. The molecule has 6 heteroatoms. The molecule has 1 aromatic carbocycles. The first-order valence-electron chi connectivity index (χ1n) is 10.1. The van der Waals surface area contributed by atoms with Crippen molar-refractivity contribution in [1.29, 1.82) is 0 Å². The molecule has 1 aromatic rings. The first-order valence-corrected chi connectivity index (χ1v) is 10.1. The van der Waals surface area contributed by atoms with Crippen LogP contribution in [-0.4, -0.2) is 85.3 Å². The number of nitrogens with zero attached hydrogens (tertiary/aromatic N) is 3. The number of hydrogen-bond donors (Lipinski definition) is 2. The number of carbonyl (C=O) groups excluding carboxylic acids is 1.